The zero-order valence-electron chi connectivity index (χ0n) is 38.9. The third kappa shape index (κ3) is 41.1. The van der Waals surface area contributed by atoms with Crippen molar-refractivity contribution in [2.75, 3.05) is 6.61 Å². The van der Waals surface area contributed by atoms with Crippen molar-refractivity contribution in [2.24, 2.45) is 0 Å². The number of rotatable bonds is 46. The number of allylic oxidation sites excluding steroid dienone is 4. The molecule has 0 saturated carbocycles. The molecule has 0 aliphatic carbocycles. The van der Waals surface area contributed by atoms with E-state index < -0.39 is 18.2 Å². The summed E-state index contributed by atoms with van der Waals surface area (Å²) < 4.78 is 5.92. The van der Waals surface area contributed by atoms with Crippen LogP contribution in [0.4, 0.5) is 0 Å². The first-order valence-electron chi connectivity index (χ1n) is 25.6. The molecular formula is C52H99NO5. The van der Waals surface area contributed by atoms with Gasteiger partial charge in [-0.15, -0.1) is 0 Å². The van der Waals surface area contributed by atoms with Gasteiger partial charge in [0.2, 0.25) is 5.91 Å². The molecule has 0 heterocycles. The molecule has 58 heavy (non-hydrogen) atoms. The van der Waals surface area contributed by atoms with Crippen molar-refractivity contribution >= 4 is 11.9 Å². The molecule has 0 spiro atoms. The van der Waals surface area contributed by atoms with E-state index >= 15 is 0 Å². The molecule has 0 fully saturated rings. The minimum atomic E-state index is -0.786. The molecule has 0 aromatic heterocycles. The number of ether oxygens (including phenoxy) is 1. The fourth-order valence-electron chi connectivity index (χ4n) is 7.89. The van der Waals surface area contributed by atoms with E-state index in [2.05, 4.69) is 50.4 Å². The number of unbranched alkanes of at least 4 members (excludes halogenated alkanes) is 31. The Morgan fingerprint density at radius 3 is 1.28 bits per heavy atom. The summed E-state index contributed by atoms with van der Waals surface area (Å²) in [6.07, 6.45) is 52.3. The summed E-state index contributed by atoms with van der Waals surface area (Å²) in [4.78, 5) is 26.1. The zero-order chi connectivity index (χ0) is 42.4. The van der Waals surface area contributed by atoms with Crippen LogP contribution in [0.25, 0.3) is 0 Å². The van der Waals surface area contributed by atoms with Gasteiger partial charge in [0, 0.05) is 6.42 Å². The quantitative estimate of drug-likeness (QED) is 0.0323. The Labute approximate surface area is 361 Å². The van der Waals surface area contributed by atoms with Gasteiger partial charge in [0.25, 0.3) is 0 Å². The number of aliphatic hydroxyl groups excluding tert-OH is 2. The molecule has 0 aromatic carbocycles. The number of nitrogens with one attached hydrogen (secondary N) is 1. The fraction of sp³-hybridized carbons (Fsp3) is 0.885. The second-order valence-electron chi connectivity index (χ2n) is 17.6. The molecule has 342 valence electrons. The van der Waals surface area contributed by atoms with Crippen molar-refractivity contribution in [1.29, 1.82) is 0 Å². The third-order valence-electron chi connectivity index (χ3n) is 11.8. The Hall–Kier alpha value is -1.66. The SMILES string of the molecule is CCCCCCCCC/C=C/C=C/CCCCCC(=O)OC(CCCCCCCCCCCCCC)CC(=O)NC(CO)C(O)CCCCCCCCCCCCC. The Morgan fingerprint density at radius 2 is 0.862 bits per heavy atom. The Morgan fingerprint density at radius 1 is 0.500 bits per heavy atom. The van der Waals surface area contributed by atoms with E-state index in [4.69, 9.17) is 4.74 Å². The van der Waals surface area contributed by atoms with Crippen molar-refractivity contribution in [3.8, 4) is 0 Å². The molecule has 3 atom stereocenters. The van der Waals surface area contributed by atoms with Crippen LogP contribution in [0.15, 0.2) is 24.3 Å². The standard InChI is InChI=1S/C52H99NO5/c1-4-7-10-13-16-19-22-24-25-26-27-30-33-36-39-42-45-52(57)58-48(43-40-37-34-31-29-23-20-17-14-11-8-5-2)46-51(56)53-49(47-54)50(55)44-41-38-35-32-28-21-18-15-12-9-6-3/h25-27,30,48-50,54-55H,4-24,28-29,31-47H2,1-3H3,(H,53,56)/b26-25+,30-27+. The average Bonchev–Trinajstić information content (AvgIpc) is 3.22. The third-order valence-corrected chi connectivity index (χ3v) is 11.8. The van der Waals surface area contributed by atoms with Gasteiger partial charge in [-0.25, -0.2) is 0 Å². The van der Waals surface area contributed by atoms with E-state index in [9.17, 15) is 19.8 Å². The van der Waals surface area contributed by atoms with Crippen LogP contribution in [0, 0.1) is 0 Å². The molecule has 3 N–H and O–H groups in total. The Balaban J connectivity index is 4.58. The first-order valence-corrected chi connectivity index (χ1v) is 25.6. The molecule has 6 heteroatoms. The molecule has 0 radical (unpaired) electrons. The molecule has 0 saturated heterocycles. The maximum Gasteiger partial charge on any atom is 0.306 e. The molecular weight excluding hydrogens is 719 g/mol. The van der Waals surface area contributed by atoms with E-state index in [1.807, 2.05) is 0 Å². The summed E-state index contributed by atoms with van der Waals surface area (Å²) >= 11 is 0. The number of carbonyl (C=O) groups excluding carboxylic acids is 2. The molecule has 1 amide bonds. The van der Waals surface area contributed by atoms with Crippen LogP contribution in [0.2, 0.25) is 0 Å². The minimum Gasteiger partial charge on any atom is -0.462 e. The number of carbonyl (C=O) groups is 2. The van der Waals surface area contributed by atoms with Gasteiger partial charge in [-0.1, -0.05) is 231 Å². The van der Waals surface area contributed by atoms with Crippen LogP contribution >= 0.6 is 0 Å². The van der Waals surface area contributed by atoms with Crippen molar-refractivity contribution in [2.45, 2.75) is 289 Å². The summed E-state index contributed by atoms with van der Waals surface area (Å²) in [5.41, 5.74) is 0. The number of aliphatic hydroxyl groups is 2. The zero-order valence-corrected chi connectivity index (χ0v) is 38.9. The first-order chi connectivity index (χ1) is 28.5. The van der Waals surface area contributed by atoms with Crippen LogP contribution in [-0.2, 0) is 14.3 Å². The molecule has 0 aliphatic heterocycles. The molecule has 6 nitrogen and oxygen atoms in total. The Kier molecular flexibility index (Phi) is 45.1. The van der Waals surface area contributed by atoms with Gasteiger partial charge in [0.15, 0.2) is 0 Å². The highest BCUT2D eigenvalue weighted by molar-refractivity contribution is 5.77. The second kappa shape index (κ2) is 46.4. The number of amides is 1. The van der Waals surface area contributed by atoms with E-state index in [1.165, 1.54) is 161 Å². The van der Waals surface area contributed by atoms with Crippen LogP contribution in [0.1, 0.15) is 271 Å². The van der Waals surface area contributed by atoms with E-state index in [0.29, 0.717) is 19.3 Å². The predicted molar refractivity (Wildman–Crippen MR) is 250 cm³/mol. The maximum atomic E-state index is 13.2. The van der Waals surface area contributed by atoms with Gasteiger partial charge in [0.05, 0.1) is 25.2 Å². The van der Waals surface area contributed by atoms with E-state index in [0.717, 1.165) is 64.2 Å². The van der Waals surface area contributed by atoms with Gasteiger partial charge >= 0.3 is 5.97 Å². The summed E-state index contributed by atoms with van der Waals surface area (Å²) in [7, 11) is 0. The van der Waals surface area contributed by atoms with Gasteiger partial charge < -0.3 is 20.3 Å². The minimum absolute atomic E-state index is 0.0721. The highest BCUT2D eigenvalue weighted by Gasteiger charge is 2.24. The predicted octanol–water partition coefficient (Wildman–Crippen LogP) is 15.1. The number of hydrogen-bond donors (Lipinski definition) is 3. The smallest absolute Gasteiger partial charge is 0.306 e. The van der Waals surface area contributed by atoms with E-state index in [-0.39, 0.29) is 24.9 Å². The summed E-state index contributed by atoms with van der Waals surface area (Å²) in [5, 5.41) is 23.7. The normalized spacial score (nSPS) is 13.4. The summed E-state index contributed by atoms with van der Waals surface area (Å²) in [6, 6.07) is -0.701. The fourth-order valence-corrected chi connectivity index (χ4v) is 7.89. The largest absolute Gasteiger partial charge is 0.462 e. The molecule has 0 aromatic rings. The monoisotopic (exact) mass is 818 g/mol. The number of esters is 1. The van der Waals surface area contributed by atoms with Gasteiger partial charge in [-0.05, 0) is 51.4 Å². The second-order valence-corrected chi connectivity index (χ2v) is 17.6. The molecule has 0 aliphatic rings. The molecule has 3 unspecified atom stereocenters. The summed E-state index contributed by atoms with van der Waals surface area (Å²) in [5.74, 6) is -0.493. The van der Waals surface area contributed by atoms with Crippen molar-refractivity contribution in [3.63, 3.8) is 0 Å². The van der Waals surface area contributed by atoms with Gasteiger partial charge in [-0.3, -0.25) is 9.59 Å². The van der Waals surface area contributed by atoms with Crippen molar-refractivity contribution in [3.05, 3.63) is 24.3 Å². The lowest BCUT2D eigenvalue weighted by molar-refractivity contribution is -0.151. The van der Waals surface area contributed by atoms with Gasteiger partial charge in [0.1, 0.15) is 6.10 Å². The summed E-state index contributed by atoms with van der Waals surface area (Å²) in [6.45, 7) is 6.48. The van der Waals surface area contributed by atoms with Crippen LogP contribution in [-0.4, -0.2) is 46.9 Å². The lowest BCUT2D eigenvalue weighted by Crippen LogP contribution is -2.46. The molecule has 0 rings (SSSR count). The average molecular weight is 818 g/mol. The highest BCUT2D eigenvalue weighted by Crippen LogP contribution is 2.18. The van der Waals surface area contributed by atoms with Crippen LogP contribution < -0.4 is 5.32 Å². The van der Waals surface area contributed by atoms with Crippen LogP contribution in [0.3, 0.4) is 0 Å². The van der Waals surface area contributed by atoms with Gasteiger partial charge in [-0.2, -0.15) is 0 Å². The van der Waals surface area contributed by atoms with Crippen LogP contribution in [0.5, 0.6) is 0 Å². The van der Waals surface area contributed by atoms with E-state index in [1.54, 1.807) is 0 Å². The first kappa shape index (κ1) is 56.3. The maximum absolute atomic E-state index is 13.2. The Bertz CT molecular complexity index is 919. The number of hydrogen-bond acceptors (Lipinski definition) is 5. The van der Waals surface area contributed by atoms with Crippen molar-refractivity contribution < 1.29 is 24.5 Å². The lowest BCUT2D eigenvalue weighted by Gasteiger charge is -2.24. The molecule has 0 bridgehead atoms. The lowest BCUT2D eigenvalue weighted by atomic mass is 10.0. The van der Waals surface area contributed by atoms with Crippen molar-refractivity contribution in [1.82, 2.24) is 5.32 Å². The topological polar surface area (TPSA) is 95.9 Å². The highest BCUT2D eigenvalue weighted by atomic mass is 16.5.